The van der Waals surface area contributed by atoms with E-state index in [2.05, 4.69) is 6.07 Å². The Balaban J connectivity index is 3.64. The molecule has 0 aliphatic rings. The molecule has 3 heteroatoms. The van der Waals surface area contributed by atoms with E-state index in [9.17, 15) is 0 Å². The minimum absolute atomic E-state index is 0.116. The maximum Gasteiger partial charge on any atom is 0.0947 e. The molecule has 0 bridgehead atoms. The minimum atomic E-state index is -0.360. The summed E-state index contributed by atoms with van der Waals surface area (Å²) < 4.78 is 0. The molecule has 58 valence electrons. The van der Waals surface area contributed by atoms with Crippen LogP contribution in [0.4, 0.5) is 0 Å². The first-order chi connectivity index (χ1) is 4.57. The first kappa shape index (κ1) is 9.41. The molecule has 0 aromatic carbocycles. The Morgan fingerprint density at radius 3 is 2.40 bits per heavy atom. The zero-order valence-electron chi connectivity index (χ0n) is 6.70. The lowest BCUT2D eigenvalue weighted by molar-refractivity contribution is 0.133. The molecule has 0 amide bonds. The van der Waals surface area contributed by atoms with E-state index < -0.39 is 0 Å². The Kier molecular flexibility index (Phi) is 4.01. The highest BCUT2D eigenvalue weighted by atomic mass is 16.3. The van der Waals surface area contributed by atoms with Crippen molar-refractivity contribution >= 4 is 0 Å². The van der Waals surface area contributed by atoms with Crippen LogP contribution in [0.3, 0.4) is 0 Å². The maximum atomic E-state index is 8.92. The van der Waals surface area contributed by atoms with Gasteiger partial charge in [-0.2, -0.15) is 5.26 Å². The lowest BCUT2D eigenvalue weighted by atomic mass is 10.3. The van der Waals surface area contributed by atoms with Crippen LogP contribution in [-0.4, -0.2) is 35.7 Å². The molecule has 0 aliphatic carbocycles. The van der Waals surface area contributed by atoms with Gasteiger partial charge in [-0.1, -0.05) is 0 Å². The molecular formula is C7H14N2O. The molecule has 0 saturated heterocycles. The van der Waals surface area contributed by atoms with E-state index in [1.54, 1.807) is 6.92 Å². The van der Waals surface area contributed by atoms with Gasteiger partial charge in [-0.3, -0.25) is 4.90 Å². The van der Waals surface area contributed by atoms with Crippen molar-refractivity contribution in [3.8, 4) is 6.07 Å². The largest absolute Gasteiger partial charge is 0.392 e. The smallest absolute Gasteiger partial charge is 0.0947 e. The Morgan fingerprint density at radius 2 is 2.10 bits per heavy atom. The molecule has 0 aromatic rings. The zero-order chi connectivity index (χ0) is 8.15. The normalized spacial score (nSPS) is 16.4. The first-order valence-corrected chi connectivity index (χ1v) is 3.36. The molecule has 0 aromatic heterocycles. The summed E-state index contributed by atoms with van der Waals surface area (Å²) in [6.45, 7) is 4.07. The van der Waals surface area contributed by atoms with Gasteiger partial charge >= 0.3 is 0 Å². The third-order valence-corrected chi connectivity index (χ3v) is 1.40. The molecule has 2 unspecified atom stereocenters. The SMILES string of the molecule is CC(O)CN(C)C(C)C#N. The fourth-order valence-electron chi connectivity index (χ4n) is 0.673. The number of hydrogen-bond acceptors (Lipinski definition) is 3. The van der Waals surface area contributed by atoms with Crippen LogP contribution >= 0.6 is 0 Å². The van der Waals surface area contributed by atoms with Crippen molar-refractivity contribution < 1.29 is 5.11 Å². The summed E-state index contributed by atoms with van der Waals surface area (Å²) in [7, 11) is 1.82. The molecule has 0 heterocycles. The second kappa shape index (κ2) is 4.26. The van der Waals surface area contributed by atoms with Gasteiger partial charge in [0, 0.05) is 6.54 Å². The Labute approximate surface area is 61.9 Å². The predicted octanol–water partition coefficient (Wildman–Crippen LogP) is 0.211. The third kappa shape index (κ3) is 3.44. The summed E-state index contributed by atoms with van der Waals surface area (Å²) in [6, 6.07) is 1.97. The van der Waals surface area contributed by atoms with E-state index in [0.29, 0.717) is 6.54 Å². The molecule has 0 rings (SSSR count). The first-order valence-electron chi connectivity index (χ1n) is 3.36. The fraction of sp³-hybridized carbons (Fsp3) is 0.857. The van der Waals surface area contributed by atoms with Crippen LogP contribution in [0.15, 0.2) is 0 Å². The average molecular weight is 142 g/mol. The predicted molar refractivity (Wildman–Crippen MR) is 39.4 cm³/mol. The van der Waals surface area contributed by atoms with Crippen molar-refractivity contribution in [2.75, 3.05) is 13.6 Å². The van der Waals surface area contributed by atoms with Crippen molar-refractivity contribution in [1.82, 2.24) is 4.90 Å². The van der Waals surface area contributed by atoms with E-state index in [0.717, 1.165) is 0 Å². The highest BCUT2D eigenvalue weighted by molar-refractivity contribution is 4.86. The number of nitriles is 1. The zero-order valence-corrected chi connectivity index (χ0v) is 6.70. The summed E-state index contributed by atoms with van der Waals surface area (Å²) >= 11 is 0. The summed E-state index contributed by atoms with van der Waals surface area (Å²) in [5.74, 6) is 0. The minimum Gasteiger partial charge on any atom is -0.392 e. The molecule has 3 nitrogen and oxygen atoms in total. The van der Waals surface area contributed by atoms with E-state index in [1.165, 1.54) is 0 Å². The average Bonchev–Trinajstić information content (AvgIpc) is 1.85. The number of nitrogens with zero attached hydrogens (tertiary/aromatic N) is 2. The number of aliphatic hydroxyl groups is 1. The fourth-order valence-corrected chi connectivity index (χ4v) is 0.673. The van der Waals surface area contributed by atoms with Gasteiger partial charge < -0.3 is 5.11 Å². The van der Waals surface area contributed by atoms with Crippen LogP contribution in [-0.2, 0) is 0 Å². The van der Waals surface area contributed by atoms with Crippen LogP contribution in [0, 0.1) is 11.3 Å². The van der Waals surface area contributed by atoms with Crippen LogP contribution in [0.2, 0.25) is 0 Å². The number of hydrogen-bond donors (Lipinski definition) is 1. The Hall–Kier alpha value is -0.590. The number of likely N-dealkylation sites (N-methyl/N-ethyl adjacent to an activating group) is 1. The molecule has 0 aliphatic heterocycles. The molecule has 0 saturated carbocycles. The second-order valence-corrected chi connectivity index (χ2v) is 2.59. The second-order valence-electron chi connectivity index (χ2n) is 2.59. The summed E-state index contributed by atoms with van der Waals surface area (Å²) in [5.41, 5.74) is 0. The molecule has 0 spiro atoms. The van der Waals surface area contributed by atoms with E-state index in [-0.39, 0.29) is 12.1 Å². The van der Waals surface area contributed by atoms with Crippen molar-refractivity contribution in [3.63, 3.8) is 0 Å². The van der Waals surface area contributed by atoms with Gasteiger partial charge in [-0.15, -0.1) is 0 Å². The van der Waals surface area contributed by atoms with Crippen LogP contribution in [0.1, 0.15) is 13.8 Å². The van der Waals surface area contributed by atoms with Gasteiger partial charge in [-0.05, 0) is 20.9 Å². The van der Waals surface area contributed by atoms with Gasteiger partial charge in [0.05, 0.1) is 18.2 Å². The van der Waals surface area contributed by atoms with Gasteiger partial charge in [0.1, 0.15) is 0 Å². The van der Waals surface area contributed by atoms with Gasteiger partial charge in [0.15, 0.2) is 0 Å². The van der Waals surface area contributed by atoms with Crippen molar-refractivity contribution in [1.29, 1.82) is 5.26 Å². The quantitative estimate of drug-likeness (QED) is 0.612. The number of rotatable bonds is 3. The van der Waals surface area contributed by atoms with Gasteiger partial charge in [-0.25, -0.2) is 0 Å². The van der Waals surface area contributed by atoms with Crippen molar-refractivity contribution in [2.24, 2.45) is 0 Å². The molecule has 1 N–H and O–H groups in total. The van der Waals surface area contributed by atoms with E-state index in [4.69, 9.17) is 10.4 Å². The summed E-state index contributed by atoms with van der Waals surface area (Å²) in [5, 5.41) is 17.4. The molecular weight excluding hydrogens is 128 g/mol. The van der Waals surface area contributed by atoms with Gasteiger partial charge in [0.25, 0.3) is 0 Å². The Morgan fingerprint density at radius 1 is 1.60 bits per heavy atom. The van der Waals surface area contributed by atoms with Gasteiger partial charge in [0.2, 0.25) is 0 Å². The molecule has 0 radical (unpaired) electrons. The molecule has 10 heavy (non-hydrogen) atoms. The third-order valence-electron chi connectivity index (χ3n) is 1.40. The number of aliphatic hydroxyl groups excluding tert-OH is 1. The van der Waals surface area contributed by atoms with Crippen LogP contribution < -0.4 is 0 Å². The van der Waals surface area contributed by atoms with Crippen molar-refractivity contribution in [3.05, 3.63) is 0 Å². The van der Waals surface area contributed by atoms with Crippen LogP contribution in [0.5, 0.6) is 0 Å². The molecule has 2 atom stereocenters. The lowest BCUT2D eigenvalue weighted by Gasteiger charge is -2.19. The Bertz CT molecular complexity index is 128. The van der Waals surface area contributed by atoms with Crippen molar-refractivity contribution in [2.45, 2.75) is 26.0 Å². The monoisotopic (exact) mass is 142 g/mol. The molecule has 0 fully saturated rings. The topological polar surface area (TPSA) is 47.3 Å². The van der Waals surface area contributed by atoms with E-state index >= 15 is 0 Å². The van der Waals surface area contributed by atoms with Crippen LogP contribution in [0.25, 0.3) is 0 Å². The summed E-state index contributed by atoms with van der Waals surface area (Å²) in [4.78, 5) is 1.81. The highest BCUT2D eigenvalue weighted by Gasteiger charge is 2.08. The lowest BCUT2D eigenvalue weighted by Crippen LogP contribution is -2.33. The maximum absolute atomic E-state index is 8.92. The van der Waals surface area contributed by atoms with E-state index in [1.807, 2.05) is 18.9 Å². The standard InChI is InChI=1S/C7H14N2O/c1-6(4-8)9(3)5-7(2)10/h6-7,10H,5H2,1-3H3. The highest BCUT2D eigenvalue weighted by Crippen LogP contribution is 1.94. The summed E-state index contributed by atoms with van der Waals surface area (Å²) in [6.07, 6.45) is -0.360.